The van der Waals surface area contributed by atoms with Gasteiger partial charge in [0.2, 0.25) is 0 Å². The first-order chi connectivity index (χ1) is 10.6. The normalized spacial score (nSPS) is 19.0. The molecule has 0 radical (unpaired) electrons. The number of fused-ring (bicyclic) bond motifs is 1. The lowest BCUT2D eigenvalue weighted by atomic mass is 10.0. The zero-order valence-corrected chi connectivity index (χ0v) is 14.2. The minimum atomic E-state index is -0.189. The predicted molar refractivity (Wildman–Crippen MR) is 89.0 cm³/mol. The number of hydrogen-bond donors (Lipinski definition) is 1. The molecule has 1 aliphatic rings. The topological polar surface area (TPSA) is 56.3 Å². The Morgan fingerprint density at radius 2 is 2.27 bits per heavy atom. The summed E-state index contributed by atoms with van der Waals surface area (Å²) in [5, 5.41) is 3.27. The van der Waals surface area contributed by atoms with Crippen LogP contribution in [0.1, 0.15) is 44.5 Å². The van der Waals surface area contributed by atoms with Gasteiger partial charge in [-0.15, -0.1) is 11.3 Å². The summed E-state index contributed by atoms with van der Waals surface area (Å²) in [4.78, 5) is 15.8. The zero-order chi connectivity index (χ0) is 15.5. The van der Waals surface area contributed by atoms with Crippen LogP contribution < -0.4 is 5.48 Å². The molecule has 1 aliphatic heterocycles. The van der Waals surface area contributed by atoms with Crippen LogP contribution in [0.3, 0.4) is 0 Å². The van der Waals surface area contributed by atoms with Crippen LogP contribution in [-0.4, -0.2) is 22.9 Å². The number of rotatable bonds is 5. The fourth-order valence-corrected chi connectivity index (χ4v) is 3.70. The average Bonchev–Trinajstić information content (AvgIpc) is 2.88. The Kier molecular flexibility index (Phi) is 4.90. The molecule has 1 atom stereocenters. The maximum atomic E-state index is 5.70. The number of hydrogen-bond acceptors (Lipinski definition) is 6. The smallest absolute Gasteiger partial charge is 0.183 e. The van der Waals surface area contributed by atoms with Crippen molar-refractivity contribution >= 4 is 27.4 Å². The quantitative estimate of drug-likeness (QED) is 0.841. The van der Waals surface area contributed by atoms with Gasteiger partial charge in [0.05, 0.1) is 5.39 Å². The Labute approximate surface area is 135 Å². The van der Waals surface area contributed by atoms with E-state index in [0.717, 1.165) is 54.1 Å². The molecule has 2 aromatic heterocycles. The molecule has 1 fully saturated rings. The van der Waals surface area contributed by atoms with E-state index in [-0.39, 0.29) is 6.29 Å². The SMILES string of the molecule is Cc1nc(NOC2CCCCO2)c2c(CC(C)C)csc2n1. The van der Waals surface area contributed by atoms with Crippen LogP contribution in [0.5, 0.6) is 0 Å². The van der Waals surface area contributed by atoms with Crippen molar-refractivity contribution in [1.82, 2.24) is 9.97 Å². The lowest BCUT2D eigenvalue weighted by molar-refractivity contribution is -0.145. The van der Waals surface area contributed by atoms with Gasteiger partial charge in [0, 0.05) is 13.0 Å². The van der Waals surface area contributed by atoms with E-state index in [9.17, 15) is 0 Å². The Morgan fingerprint density at radius 1 is 1.41 bits per heavy atom. The highest BCUT2D eigenvalue weighted by Gasteiger charge is 2.18. The van der Waals surface area contributed by atoms with Gasteiger partial charge in [-0.05, 0) is 43.0 Å². The molecule has 1 N–H and O–H groups in total. The molecule has 6 heteroatoms. The fraction of sp³-hybridized carbons (Fsp3) is 0.625. The van der Waals surface area contributed by atoms with E-state index in [4.69, 9.17) is 9.57 Å². The van der Waals surface area contributed by atoms with Crippen LogP contribution in [-0.2, 0) is 16.0 Å². The van der Waals surface area contributed by atoms with E-state index in [2.05, 4.69) is 34.7 Å². The maximum absolute atomic E-state index is 5.70. The Balaban J connectivity index is 1.84. The summed E-state index contributed by atoms with van der Waals surface area (Å²) in [6, 6.07) is 0. The molecule has 1 saturated heterocycles. The number of anilines is 1. The van der Waals surface area contributed by atoms with Gasteiger partial charge in [0.25, 0.3) is 0 Å². The van der Waals surface area contributed by atoms with Crippen molar-refractivity contribution < 1.29 is 9.57 Å². The summed E-state index contributed by atoms with van der Waals surface area (Å²) in [5.41, 5.74) is 4.31. The molecule has 2 aromatic rings. The minimum absolute atomic E-state index is 0.189. The van der Waals surface area contributed by atoms with Crippen LogP contribution in [0.2, 0.25) is 0 Å². The molecular weight excluding hydrogens is 298 g/mol. The lowest BCUT2D eigenvalue weighted by Gasteiger charge is -2.22. The van der Waals surface area contributed by atoms with Gasteiger partial charge >= 0.3 is 0 Å². The van der Waals surface area contributed by atoms with E-state index in [1.54, 1.807) is 11.3 Å². The molecule has 0 saturated carbocycles. The first-order valence-electron chi connectivity index (χ1n) is 7.91. The van der Waals surface area contributed by atoms with Gasteiger partial charge in [-0.2, -0.15) is 0 Å². The van der Waals surface area contributed by atoms with Gasteiger partial charge in [-0.3, -0.25) is 0 Å². The minimum Gasteiger partial charge on any atom is -0.350 e. The van der Waals surface area contributed by atoms with Gasteiger partial charge in [-0.1, -0.05) is 13.8 Å². The van der Waals surface area contributed by atoms with Gasteiger partial charge in [0.15, 0.2) is 12.1 Å². The molecule has 22 heavy (non-hydrogen) atoms. The van der Waals surface area contributed by atoms with Crippen molar-refractivity contribution in [3.8, 4) is 0 Å². The van der Waals surface area contributed by atoms with Crippen molar-refractivity contribution in [2.75, 3.05) is 12.1 Å². The average molecular weight is 321 g/mol. The summed E-state index contributed by atoms with van der Waals surface area (Å²) in [6.45, 7) is 7.11. The number of nitrogens with zero attached hydrogens (tertiary/aromatic N) is 2. The molecule has 0 amide bonds. The fourth-order valence-electron chi connectivity index (χ4n) is 2.70. The molecule has 1 unspecified atom stereocenters. The first kappa shape index (κ1) is 15.6. The molecule has 0 bridgehead atoms. The second-order valence-electron chi connectivity index (χ2n) is 6.17. The van der Waals surface area contributed by atoms with Crippen molar-refractivity contribution in [2.45, 2.75) is 52.7 Å². The van der Waals surface area contributed by atoms with E-state index >= 15 is 0 Å². The summed E-state index contributed by atoms with van der Waals surface area (Å²) < 4.78 is 5.59. The van der Waals surface area contributed by atoms with E-state index in [0.29, 0.717) is 5.92 Å². The maximum Gasteiger partial charge on any atom is 0.183 e. The number of aryl methyl sites for hydroxylation is 1. The summed E-state index contributed by atoms with van der Waals surface area (Å²) >= 11 is 1.67. The molecule has 120 valence electrons. The van der Waals surface area contributed by atoms with Crippen molar-refractivity contribution in [3.63, 3.8) is 0 Å². The number of nitrogens with one attached hydrogen (secondary N) is 1. The second-order valence-corrected chi connectivity index (χ2v) is 7.03. The molecule has 3 rings (SSSR count). The van der Waals surface area contributed by atoms with Crippen molar-refractivity contribution in [1.29, 1.82) is 0 Å². The third-order valence-corrected chi connectivity index (χ3v) is 4.60. The van der Waals surface area contributed by atoms with Crippen LogP contribution in [0, 0.1) is 12.8 Å². The third-order valence-electron chi connectivity index (χ3n) is 3.67. The second kappa shape index (κ2) is 6.89. The zero-order valence-electron chi connectivity index (χ0n) is 13.4. The largest absolute Gasteiger partial charge is 0.350 e. The van der Waals surface area contributed by atoms with Crippen molar-refractivity contribution in [2.24, 2.45) is 5.92 Å². The molecule has 3 heterocycles. The van der Waals surface area contributed by atoms with Crippen LogP contribution >= 0.6 is 11.3 Å². The van der Waals surface area contributed by atoms with E-state index in [1.165, 1.54) is 5.56 Å². The molecule has 0 spiro atoms. The van der Waals surface area contributed by atoms with Crippen molar-refractivity contribution in [3.05, 3.63) is 16.8 Å². The van der Waals surface area contributed by atoms with Gasteiger partial charge < -0.3 is 4.74 Å². The van der Waals surface area contributed by atoms with Crippen LogP contribution in [0.15, 0.2) is 5.38 Å². The molecule has 5 nitrogen and oxygen atoms in total. The number of aromatic nitrogens is 2. The first-order valence-corrected chi connectivity index (χ1v) is 8.79. The van der Waals surface area contributed by atoms with Gasteiger partial charge in [-0.25, -0.2) is 20.3 Å². The highest BCUT2D eigenvalue weighted by Crippen LogP contribution is 2.32. The summed E-state index contributed by atoms with van der Waals surface area (Å²) in [6.07, 6.45) is 4.00. The Morgan fingerprint density at radius 3 is 3.00 bits per heavy atom. The molecule has 0 aliphatic carbocycles. The number of thiophene rings is 1. The molecular formula is C16H23N3O2S. The lowest BCUT2D eigenvalue weighted by Crippen LogP contribution is -2.25. The number of ether oxygens (including phenoxy) is 1. The molecule has 0 aromatic carbocycles. The van der Waals surface area contributed by atoms with Gasteiger partial charge in [0.1, 0.15) is 10.7 Å². The Bertz CT molecular complexity index is 636. The highest BCUT2D eigenvalue weighted by atomic mass is 32.1. The summed E-state index contributed by atoms with van der Waals surface area (Å²) in [5.74, 6) is 2.10. The monoisotopic (exact) mass is 321 g/mol. The van der Waals surface area contributed by atoms with E-state index < -0.39 is 0 Å². The standard InChI is InChI=1S/C16H23N3O2S/c1-10(2)8-12-9-22-16-14(12)15(17-11(3)18-16)19-21-13-6-4-5-7-20-13/h9-10,13H,4-8H2,1-3H3,(H,17,18,19). The van der Waals surface area contributed by atoms with E-state index in [1.807, 2.05) is 6.92 Å². The van der Waals surface area contributed by atoms with Crippen LogP contribution in [0.4, 0.5) is 5.82 Å². The summed E-state index contributed by atoms with van der Waals surface area (Å²) in [7, 11) is 0. The highest BCUT2D eigenvalue weighted by molar-refractivity contribution is 7.17. The third kappa shape index (κ3) is 3.56. The van der Waals surface area contributed by atoms with Crippen LogP contribution in [0.25, 0.3) is 10.2 Å². The predicted octanol–water partition coefficient (Wildman–Crippen LogP) is 4.07. The Hall–Kier alpha value is -1.24.